The Morgan fingerprint density at radius 2 is 1.96 bits per heavy atom. The van der Waals surface area contributed by atoms with Gasteiger partial charge in [-0.1, -0.05) is 25.0 Å². The summed E-state index contributed by atoms with van der Waals surface area (Å²) in [6.07, 6.45) is 7.33. The average Bonchev–Trinajstić information content (AvgIpc) is 3.22. The number of hydrogen-bond donors (Lipinski definition) is 0. The third kappa shape index (κ3) is 3.45. The Bertz CT molecular complexity index is 686. The molecule has 0 aromatic heterocycles. The molecule has 2 fully saturated rings. The molecule has 0 unspecified atom stereocenters. The van der Waals surface area contributed by atoms with Gasteiger partial charge in [-0.15, -0.1) is 0 Å². The smallest absolute Gasteiger partial charge is 0.253 e. The topological polar surface area (TPSA) is 42.0 Å². The second-order valence-corrected chi connectivity index (χ2v) is 7.33. The summed E-state index contributed by atoms with van der Waals surface area (Å²) in [7, 11) is 0. The highest BCUT2D eigenvalue weighted by Crippen LogP contribution is 2.36. The number of benzene rings is 1. The second kappa shape index (κ2) is 7.70. The maximum Gasteiger partial charge on any atom is 0.253 e. The Morgan fingerprint density at radius 1 is 1.19 bits per heavy atom. The molecule has 1 saturated carbocycles. The standard InChI is InChI=1S/C21H28N2O3/c1-2-25-19-9-5-6-16-14-17(15-26-20(16)19)21(24)23-12-10-22(11-13-23)18-7-3-4-8-18/h5-6,9,14,18H,2-4,7-8,10-13,15H2,1H3. The lowest BCUT2D eigenvalue weighted by Crippen LogP contribution is -2.52. The van der Waals surface area contributed by atoms with Crippen molar-refractivity contribution in [2.24, 2.45) is 0 Å². The molecule has 4 rings (SSSR count). The van der Waals surface area contributed by atoms with Gasteiger partial charge in [0.15, 0.2) is 11.5 Å². The normalized spacial score (nSPS) is 21.1. The highest BCUT2D eigenvalue weighted by atomic mass is 16.5. The molecule has 0 atom stereocenters. The zero-order valence-corrected chi connectivity index (χ0v) is 15.6. The van der Waals surface area contributed by atoms with Crippen LogP contribution in [-0.2, 0) is 4.79 Å². The largest absolute Gasteiger partial charge is 0.490 e. The molecule has 2 aliphatic heterocycles. The van der Waals surface area contributed by atoms with Gasteiger partial charge < -0.3 is 14.4 Å². The monoisotopic (exact) mass is 356 g/mol. The lowest BCUT2D eigenvalue weighted by atomic mass is 10.1. The fourth-order valence-corrected chi connectivity index (χ4v) is 4.34. The molecule has 5 heteroatoms. The fourth-order valence-electron chi connectivity index (χ4n) is 4.34. The predicted molar refractivity (Wildman–Crippen MR) is 101 cm³/mol. The number of fused-ring (bicyclic) bond motifs is 1. The van der Waals surface area contributed by atoms with Crippen molar-refractivity contribution < 1.29 is 14.3 Å². The third-order valence-corrected chi connectivity index (χ3v) is 5.73. The molecule has 2 heterocycles. The van der Waals surface area contributed by atoms with Gasteiger partial charge in [0, 0.05) is 37.8 Å². The summed E-state index contributed by atoms with van der Waals surface area (Å²) in [4.78, 5) is 17.5. The number of ether oxygens (including phenoxy) is 2. The van der Waals surface area contributed by atoms with E-state index in [1.54, 1.807) is 0 Å². The van der Waals surface area contributed by atoms with E-state index < -0.39 is 0 Å². The van der Waals surface area contributed by atoms with E-state index in [-0.39, 0.29) is 5.91 Å². The van der Waals surface area contributed by atoms with E-state index in [1.165, 1.54) is 25.7 Å². The Balaban J connectivity index is 1.42. The van der Waals surface area contributed by atoms with Crippen molar-refractivity contribution in [2.75, 3.05) is 39.4 Å². The molecule has 0 bridgehead atoms. The van der Waals surface area contributed by atoms with Crippen LogP contribution in [0, 0.1) is 0 Å². The molecule has 0 N–H and O–H groups in total. The number of nitrogens with zero attached hydrogens (tertiary/aromatic N) is 2. The molecule has 1 aromatic rings. The number of para-hydroxylation sites is 1. The van der Waals surface area contributed by atoms with Gasteiger partial charge in [-0.25, -0.2) is 0 Å². The highest BCUT2D eigenvalue weighted by Gasteiger charge is 2.30. The van der Waals surface area contributed by atoms with Crippen LogP contribution in [0.3, 0.4) is 0 Å². The predicted octanol–water partition coefficient (Wildman–Crippen LogP) is 2.95. The van der Waals surface area contributed by atoms with E-state index in [4.69, 9.17) is 9.47 Å². The molecular formula is C21H28N2O3. The van der Waals surface area contributed by atoms with Gasteiger partial charge in [-0.3, -0.25) is 9.69 Å². The lowest BCUT2D eigenvalue weighted by Gasteiger charge is -2.38. The van der Waals surface area contributed by atoms with Gasteiger partial charge in [0.1, 0.15) is 6.61 Å². The second-order valence-electron chi connectivity index (χ2n) is 7.33. The first-order chi connectivity index (χ1) is 12.8. The molecule has 3 aliphatic rings. The van der Waals surface area contributed by atoms with Crippen LogP contribution in [0.1, 0.15) is 38.2 Å². The first-order valence-electron chi connectivity index (χ1n) is 9.88. The Hall–Kier alpha value is -2.01. The van der Waals surface area contributed by atoms with E-state index in [9.17, 15) is 4.79 Å². The van der Waals surface area contributed by atoms with Crippen molar-refractivity contribution in [3.63, 3.8) is 0 Å². The molecule has 1 aliphatic carbocycles. The van der Waals surface area contributed by atoms with Gasteiger partial charge in [0.05, 0.1) is 12.2 Å². The summed E-state index contributed by atoms with van der Waals surface area (Å²) in [6, 6.07) is 6.57. The summed E-state index contributed by atoms with van der Waals surface area (Å²) >= 11 is 0. The summed E-state index contributed by atoms with van der Waals surface area (Å²) in [5.41, 5.74) is 1.66. The highest BCUT2D eigenvalue weighted by molar-refractivity contribution is 5.99. The number of hydrogen-bond acceptors (Lipinski definition) is 4. The first-order valence-corrected chi connectivity index (χ1v) is 9.88. The quantitative estimate of drug-likeness (QED) is 0.832. The van der Waals surface area contributed by atoms with Crippen LogP contribution in [-0.4, -0.2) is 61.1 Å². The van der Waals surface area contributed by atoms with Gasteiger partial charge in [0.25, 0.3) is 5.91 Å². The average molecular weight is 356 g/mol. The summed E-state index contributed by atoms with van der Waals surface area (Å²) in [5.74, 6) is 1.61. The zero-order valence-electron chi connectivity index (χ0n) is 15.6. The Morgan fingerprint density at radius 3 is 2.69 bits per heavy atom. The third-order valence-electron chi connectivity index (χ3n) is 5.73. The molecule has 1 saturated heterocycles. The van der Waals surface area contributed by atoms with Crippen molar-refractivity contribution in [1.29, 1.82) is 0 Å². The molecule has 140 valence electrons. The molecule has 1 aromatic carbocycles. The van der Waals surface area contributed by atoms with Crippen LogP contribution in [0.5, 0.6) is 11.5 Å². The summed E-state index contributed by atoms with van der Waals surface area (Å²) < 4.78 is 11.5. The van der Waals surface area contributed by atoms with Crippen molar-refractivity contribution >= 4 is 12.0 Å². The maximum atomic E-state index is 12.9. The van der Waals surface area contributed by atoms with Crippen LogP contribution in [0.4, 0.5) is 0 Å². The van der Waals surface area contributed by atoms with E-state index in [0.29, 0.717) is 13.2 Å². The van der Waals surface area contributed by atoms with Crippen LogP contribution >= 0.6 is 0 Å². The fraction of sp³-hybridized carbons (Fsp3) is 0.571. The van der Waals surface area contributed by atoms with Crippen LogP contribution in [0.25, 0.3) is 6.08 Å². The number of rotatable bonds is 4. The molecule has 0 spiro atoms. The van der Waals surface area contributed by atoms with Gasteiger partial charge in [0.2, 0.25) is 0 Å². The maximum absolute atomic E-state index is 12.9. The van der Waals surface area contributed by atoms with E-state index >= 15 is 0 Å². The molecule has 1 amide bonds. The van der Waals surface area contributed by atoms with Crippen LogP contribution < -0.4 is 9.47 Å². The Kier molecular flexibility index (Phi) is 5.16. The molecule has 0 radical (unpaired) electrons. The Labute approximate surface area is 155 Å². The first kappa shape index (κ1) is 17.4. The molecular weight excluding hydrogens is 328 g/mol. The van der Waals surface area contributed by atoms with E-state index in [0.717, 1.165) is 54.9 Å². The van der Waals surface area contributed by atoms with Crippen LogP contribution in [0.2, 0.25) is 0 Å². The number of carbonyl (C=O) groups excluding carboxylic acids is 1. The lowest BCUT2D eigenvalue weighted by molar-refractivity contribution is -0.129. The van der Waals surface area contributed by atoms with Crippen molar-refractivity contribution in [3.05, 3.63) is 29.3 Å². The number of amides is 1. The summed E-state index contributed by atoms with van der Waals surface area (Å²) in [6.45, 7) is 6.50. The van der Waals surface area contributed by atoms with E-state index in [2.05, 4.69) is 4.90 Å². The van der Waals surface area contributed by atoms with Crippen LogP contribution in [0.15, 0.2) is 23.8 Å². The van der Waals surface area contributed by atoms with Gasteiger partial charge >= 0.3 is 0 Å². The van der Waals surface area contributed by atoms with Crippen molar-refractivity contribution in [2.45, 2.75) is 38.6 Å². The van der Waals surface area contributed by atoms with E-state index in [1.807, 2.05) is 36.1 Å². The number of piperazine rings is 1. The minimum atomic E-state index is 0.114. The molecule has 26 heavy (non-hydrogen) atoms. The molecule has 5 nitrogen and oxygen atoms in total. The summed E-state index contributed by atoms with van der Waals surface area (Å²) in [5, 5.41) is 0. The minimum Gasteiger partial charge on any atom is -0.490 e. The minimum absolute atomic E-state index is 0.114. The zero-order chi connectivity index (χ0) is 17.9. The SMILES string of the molecule is CCOc1cccc2c1OCC(C(=O)N1CCN(C3CCCC3)CC1)=C2. The van der Waals surface area contributed by atoms with Crippen molar-refractivity contribution in [3.8, 4) is 11.5 Å². The van der Waals surface area contributed by atoms with Gasteiger partial charge in [-0.2, -0.15) is 0 Å². The number of carbonyl (C=O) groups is 1. The van der Waals surface area contributed by atoms with Gasteiger partial charge in [-0.05, 0) is 31.9 Å². The van der Waals surface area contributed by atoms with Crippen molar-refractivity contribution in [1.82, 2.24) is 9.80 Å².